The number of thiophene rings is 1. The molecule has 0 amide bonds. The Balaban J connectivity index is 2.56. The first-order valence-electron chi connectivity index (χ1n) is 3.25. The first kappa shape index (κ1) is 9.19. The molecule has 0 aliphatic carbocycles. The number of aromatic nitrogens is 2. The molecule has 0 fully saturated rings. The van der Waals surface area contributed by atoms with Crippen molar-refractivity contribution >= 4 is 98.3 Å². The Morgan fingerprint density at radius 3 is 1.69 bits per heavy atom. The van der Waals surface area contributed by atoms with E-state index in [9.17, 15) is 0 Å². The lowest BCUT2D eigenvalue weighted by Gasteiger charge is -1.71. The molecule has 2 nitrogen and oxygen atoms in total. The fourth-order valence-electron chi connectivity index (χ4n) is 1.08. The molecular weight excluding hydrogens is 450 g/mol. The minimum Gasteiger partial charge on any atom is -0.219 e. The first-order valence-corrected chi connectivity index (χ1v) is 7.85. The van der Waals surface area contributed by atoms with Crippen LogP contribution in [0.2, 0.25) is 0 Å². The van der Waals surface area contributed by atoms with E-state index in [1.54, 1.807) is 34.0 Å². The van der Waals surface area contributed by atoms with Crippen LogP contribution in [0.3, 0.4) is 0 Å². The number of nitrogens with zero attached hydrogens (tertiary/aromatic N) is 2. The highest BCUT2D eigenvalue weighted by molar-refractivity contribution is 14.1. The molecule has 3 heterocycles. The minimum atomic E-state index is 1.11. The van der Waals surface area contributed by atoms with Crippen molar-refractivity contribution in [2.45, 2.75) is 0 Å². The van der Waals surface area contributed by atoms with E-state index in [1.165, 1.54) is 9.40 Å². The Labute approximate surface area is 113 Å². The fourth-order valence-corrected chi connectivity index (χ4v) is 6.31. The van der Waals surface area contributed by atoms with Gasteiger partial charge in [-0.3, -0.25) is 0 Å². The smallest absolute Gasteiger partial charge is 0.156 e. The quantitative estimate of drug-likeness (QED) is 0.481. The van der Waals surface area contributed by atoms with Crippen LogP contribution in [-0.4, -0.2) is 9.97 Å². The molecule has 0 radical (unpaired) electrons. The molecule has 0 N–H and O–H groups in total. The lowest BCUT2D eigenvalue weighted by atomic mass is 10.6. The van der Waals surface area contributed by atoms with Gasteiger partial charge >= 0.3 is 0 Å². The van der Waals surface area contributed by atoms with Gasteiger partial charge in [-0.1, -0.05) is 11.3 Å². The molecule has 0 saturated heterocycles. The molecule has 7 heteroatoms. The monoisotopic (exact) mass is 450 g/mol. The van der Waals surface area contributed by atoms with Gasteiger partial charge in [-0.2, -0.15) is 0 Å². The molecule has 0 aliphatic heterocycles. The Bertz CT molecular complexity index is 542. The van der Waals surface area contributed by atoms with E-state index in [0.717, 1.165) is 15.7 Å². The van der Waals surface area contributed by atoms with Gasteiger partial charge in [-0.05, 0) is 45.2 Å². The lowest BCUT2D eigenvalue weighted by molar-refractivity contribution is 1.47. The van der Waals surface area contributed by atoms with Gasteiger partial charge in [0.2, 0.25) is 0 Å². The van der Waals surface area contributed by atoms with E-state index in [1.807, 2.05) is 0 Å². The second-order valence-electron chi connectivity index (χ2n) is 2.30. The van der Waals surface area contributed by atoms with E-state index < -0.39 is 0 Å². The van der Waals surface area contributed by atoms with Crippen molar-refractivity contribution in [2.24, 2.45) is 0 Å². The third kappa shape index (κ3) is 1.43. The summed E-state index contributed by atoms with van der Waals surface area (Å²) in [5.74, 6) is 0. The molecule has 0 spiro atoms. The second-order valence-corrected chi connectivity index (χ2v) is 8.79. The van der Waals surface area contributed by atoms with Gasteiger partial charge in [0.05, 0.1) is 9.40 Å². The van der Waals surface area contributed by atoms with Crippen molar-refractivity contribution in [3.05, 3.63) is 6.03 Å². The van der Waals surface area contributed by atoms with Crippen molar-refractivity contribution in [3.8, 4) is 0 Å². The summed E-state index contributed by atoms with van der Waals surface area (Å²) >= 11 is 9.73. The molecule has 3 rings (SSSR count). The van der Waals surface area contributed by atoms with Gasteiger partial charge in [-0.25, -0.2) is 9.97 Å². The largest absolute Gasteiger partial charge is 0.219 e. The van der Waals surface area contributed by atoms with Crippen LogP contribution in [-0.2, 0) is 0 Å². The molecule has 0 atom stereocenters. The Morgan fingerprint density at radius 1 is 0.769 bits per heavy atom. The van der Waals surface area contributed by atoms with Gasteiger partial charge in [0.1, 0.15) is 9.66 Å². The van der Waals surface area contributed by atoms with Gasteiger partial charge in [-0.15, -0.1) is 22.7 Å². The Kier molecular flexibility index (Phi) is 2.27. The molecule has 3 aromatic rings. The van der Waals surface area contributed by atoms with Crippen LogP contribution in [0.4, 0.5) is 0 Å². The van der Waals surface area contributed by atoms with E-state index in [4.69, 9.17) is 0 Å². The van der Waals surface area contributed by atoms with Gasteiger partial charge in [0, 0.05) is 0 Å². The molecule has 0 aliphatic rings. The summed E-state index contributed by atoms with van der Waals surface area (Å²) in [6.07, 6.45) is 0. The highest BCUT2D eigenvalue weighted by atomic mass is 127. The molecule has 0 aromatic carbocycles. The van der Waals surface area contributed by atoms with Gasteiger partial charge in [0.25, 0.3) is 0 Å². The maximum Gasteiger partial charge on any atom is 0.156 e. The predicted octanol–water partition coefficient (Wildman–Crippen LogP) is 4.18. The average molecular weight is 450 g/mol. The third-order valence-corrected chi connectivity index (χ3v) is 6.43. The molecule has 0 unspecified atom stereocenters. The minimum absolute atomic E-state index is 1.11. The van der Waals surface area contributed by atoms with Gasteiger partial charge in [0.15, 0.2) is 6.03 Å². The van der Waals surface area contributed by atoms with Crippen LogP contribution < -0.4 is 0 Å². The number of hydrogen-bond acceptors (Lipinski definition) is 5. The van der Waals surface area contributed by atoms with Crippen molar-refractivity contribution in [3.63, 3.8) is 0 Å². The van der Waals surface area contributed by atoms with Crippen molar-refractivity contribution in [1.29, 1.82) is 0 Å². The van der Waals surface area contributed by atoms with Crippen LogP contribution in [0.5, 0.6) is 0 Å². The average Bonchev–Trinajstić information content (AvgIpc) is 2.60. The fraction of sp³-hybridized carbons (Fsp3) is 0. The summed E-state index contributed by atoms with van der Waals surface area (Å²) in [6.45, 7) is 0. The molecule has 66 valence electrons. The Hall–Kier alpha value is 0.940. The van der Waals surface area contributed by atoms with E-state index in [-0.39, 0.29) is 0 Å². The van der Waals surface area contributed by atoms with Crippen molar-refractivity contribution in [1.82, 2.24) is 9.97 Å². The van der Waals surface area contributed by atoms with Crippen LogP contribution in [0, 0.1) is 6.03 Å². The van der Waals surface area contributed by atoms with Crippen LogP contribution in [0.1, 0.15) is 0 Å². The summed E-state index contributed by atoms with van der Waals surface area (Å²) in [5.41, 5.74) is 0. The second kappa shape index (κ2) is 3.22. The molecule has 3 aromatic heterocycles. The number of rotatable bonds is 0. The highest BCUT2D eigenvalue weighted by Crippen LogP contribution is 2.40. The van der Waals surface area contributed by atoms with E-state index in [0.29, 0.717) is 0 Å². The summed E-state index contributed by atoms with van der Waals surface area (Å²) in [5, 5.41) is 0. The maximum atomic E-state index is 4.44. The number of fused-ring (bicyclic) bond motifs is 3. The van der Waals surface area contributed by atoms with Gasteiger partial charge < -0.3 is 0 Å². The van der Waals surface area contributed by atoms with Crippen LogP contribution in [0.25, 0.3) is 19.1 Å². The number of hydrogen-bond donors (Lipinski definition) is 0. The standard InChI is InChI=1S/C6I2N2S3/c7-5-9-3-1(11-5)2-4(13-3)10-6(8)12-2. The third-order valence-electron chi connectivity index (χ3n) is 1.54. The van der Waals surface area contributed by atoms with Crippen molar-refractivity contribution < 1.29 is 0 Å². The molecule has 13 heavy (non-hydrogen) atoms. The normalized spacial score (nSPS) is 11.8. The molecule has 0 bridgehead atoms. The zero-order valence-corrected chi connectivity index (χ0v) is 12.6. The van der Waals surface area contributed by atoms with Crippen LogP contribution in [0.15, 0.2) is 0 Å². The number of thiazole rings is 2. The summed E-state index contributed by atoms with van der Waals surface area (Å²) in [4.78, 5) is 11.2. The SMILES string of the molecule is Ic1nc2sc3nc(I)sc3c2s1. The lowest BCUT2D eigenvalue weighted by Crippen LogP contribution is -1.60. The Morgan fingerprint density at radius 2 is 1.23 bits per heavy atom. The molecular formula is C6I2N2S3. The first-order chi connectivity index (χ1) is 6.24. The number of halogens is 2. The maximum absolute atomic E-state index is 4.44. The highest BCUT2D eigenvalue weighted by Gasteiger charge is 2.13. The van der Waals surface area contributed by atoms with Crippen LogP contribution >= 0.6 is 79.2 Å². The summed E-state index contributed by atoms with van der Waals surface area (Å²) in [6, 6.07) is 0. The molecule has 0 saturated carbocycles. The summed E-state index contributed by atoms with van der Waals surface area (Å²) < 4.78 is 4.85. The van der Waals surface area contributed by atoms with Crippen molar-refractivity contribution in [2.75, 3.05) is 0 Å². The zero-order chi connectivity index (χ0) is 9.00. The summed E-state index contributed by atoms with van der Waals surface area (Å²) in [7, 11) is 0. The zero-order valence-electron chi connectivity index (χ0n) is 5.88. The van der Waals surface area contributed by atoms with E-state index >= 15 is 0 Å². The van der Waals surface area contributed by atoms with E-state index in [2.05, 4.69) is 55.1 Å². The topological polar surface area (TPSA) is 25.8 Å². The predicted molar refractivity (Wildman–Crippen MR) is 76.1 cm³/mol.